The summed E-state index contributed by atoms with van der Waals surface area (Å²) in [6.45, 7) is 1.98. The summed E-state index contributed by atoms with van der Waals surface area (Å²) in [7, 11) is 0. The highest BCUT2D eigenvalue weighted by Crippen LogP contribution is 2.28. The van der Waals surface area contributed by atoms with Crippen LogP contribution in [-0.2, 0) is 0 Å². The van der Waals surface area contributed by atoms with Gasteiger partial charge in [-0.25, -0.2) is 9.97 Å². The van der Waals surface area contributed by atoms with Crippen molar-refractivity contribution < 1.29 is 4.79 Å². The van der Waals surface area contributed by atoms with Gasteiger partial charge in [0.1, 0.15) is 10.8 Å². The fraction of sp³-hybridized carbons (Fsp3) is 0.0714. The highest BCUT2D eigenvalue weighted by Gasteiger charge is 2.15. The van der Waals surface area contributed by atoms with Gasteiger partial charge < -0.3 is 0 Å². The van der Waals surface area contributed by atoms with Crippen LogP contribution in [-0.4, -0.2) is 15.9 Å². The maximum atomic E-state index is 12.2. The SMILES string of the molecule is Cc1cccc2sc(NC(=O)c3nc(Cl)ccc3Cl)nc12. The van der Waals surface area contributed by atoms with Crippen LogP contribution in [0.2, 0.25) is 10.2 Å². The van der Waals surface area contributed by atoms with Crippen LogP contribution in [0.1, 0.15) is 16.1 Å². The Kier molecular flexibility index (Phi) is 3.80. The van der Waals surface area contributed by atoms with Crippen LogP contribution in [0, 0.1) is 6.92 Å². The van der Waals surface area contributed by atoms with Gasteiger partial charge in [-0.2, -0.15) is 0 Å². The minimum atomic E-state index is -0.431. The van der Waals surface area contributed by atoms with E-state index in [1.54, 1.807) is 0 Å². The number of amides is 1. The third-order valence-corrected chi connectivity index (χ3v) is 4.32. The summed E-state index contributed by atoms with van der Waals surface area (Å²) in [6, 6.07) is 8.95. The number of fused-ring (bicyclic) bond motifs is 1. The highest BCUT2D eigenvalue weighted by atomic mass is 35.5. The predicted molar refractivity (Wildman–Crippen MR) is 86.6 cm³/mol. The van der Waals surface area contributed by atoms with Crippen molar-refractivity contribution >= 4 is 55.8 Å². The van der Waals surface area contributed by atoms with E-state index in [2.05, 4.69) is 15.3 Å². The number of carbonyl (C=O) groups is 1. The molecule has 1 amide bonds. The molecule has 0 unspecified atom stereocenters. The quantitative estimate of drug-likeness (QED) is 0.697. The molecule has 0 aliphatic rings. The molecule has 0 fully saturated rings. The number of para-hydroxylation sites is 1. The molecular formula is C14H9Cl2N3OS. The van der Waals surface area contributed by atoms with Gasteiger partial charge >= 0.3 is 0 Å². The zero-order valence-corrected chi connectivity index (χ0v) is 13.2. The molecule has 1 aromatic carbocycles. The molecule has 0 saturated heterocycles. The van der Waals surface area contributed by atoms with Gasteiger partial charge in [-0.3, -0.25) is 10.1 Å². The molecule has 0 saturated carbocycles. The number of nitrogens with zero attached hydrogens (tertiary/aromatic N) is 2. The van der Waals surface area contributed by atoms with E-state index >= 15 is 0 Å². The number of anilines is 1. The second-order valence-electron chi connectivity index (χ2n) is 4.36. The minimum absolute atomic E-state index is 0.0835. The van der Waals surface area contributed by atoms with Gasteiger partial charge in [-0.05, 0) is 30.7 Å². The lowest BCUT2D eigenvalue weighted by atomic mass is 10.2. The molecular weight excluding hydrogens is 329 g/mol. The second kappa shape index (κ2) is 5.60. The third-order valence-electron chi connectivity index (χ3n) is 2.87. The van der Waals surface area contributed by atoms with Crippen LogP contribution in [0.3, 0.4) is 0 Å². The van der Waals surface area contributed by atoms with E-state index in [9.17, 15) is 4.79 Å². The van der Waals surface area contributed by atoms with Crippen LogP contribution in [0.4, 0.5) is 5.13 Å². The summed E-state index contributed by atoms with van der Waals surface area (Å²) in [5, 5.41) is 3.67. The summed E-state index contributed by atoms with van der Waals surface area (Å²) in [5.74, 6) is -0.431. The van der Waals surface area contributed by atoms with E-state index in [0.717, 1.165) is 15.8 Å². The average molecular weight is 338 g/mol. The number of thiazole rings is 1. The van der Waals surface area contributed by atoms with Crippen LogP contribution in [0.5, 0.6) is 0 Å². The first-order chi connectivity index (χ1) is 10.0. The largest absolute Gasteiger partial charge is 0.296 e. The molecule has 3 rings (SSSR count). The topological polar surface area (TPSA) is 54.9 Å². The number of carbonyl (C=O) groups excluding carboxylic acids is 1. The third kappa shape index (κ3) is 2.85. The van der Waals surface area contributed by atoms with Crippen molar-refractivity contribution in [2.45, 2.75) is 6.92 Å². The maximum absolute atomic E-state index is 12.2. The molecule has 7 heteroatoms. The number of nitrogens with one attached hydrogen (secondary N) is 1. The van der Waals surface area contributed by atoms with Gasteiger partial charge in [0.25, 0.3) is 5.91 Å². The Balaban J connectivity index is 1.93. The lowest BCUT2D eigenvalue weighted by Gasteiger charge is -2.03. The molecule has 0 radical (unpaired) electrons. The number of rotatable bonds is 2. The summed E-state index contributed by atoms with van der Waals surface area (Å²) < 4.78 is 1.01. The first kappa shape index (κ1) is 14.3. The first-order valence-electron chi connectivity index (χ1n) is 6.04. The van der Waals surface area contributed by atoms with Crippen molar-refractivity contribution in [2.75, 3.05) is 5.32 Å². The molecule has 0 aliphatic heterocycles. The molecule has 106 valence electrons. The Bertz CT molecular complexity index is 847. The number of benzene rings is 1. The number of hydrogen-bond acceptors (Lipinski definition) is 4. The van der Waals surface area contributed by atoms with Gasteiger partial charge in [0.05, 0.1) is 15.2 Å². The molecule has 2 aromatic heterocycles. The number of aromatic nitrogens is 2. The number of pyridine rings is 1. The Morgan fingerprint density at radius 2 is 2.00 bits per heavy atom. The molecule has 4 nitrogen and oxygen atoms in total. The highest BCUT2D eigenvalue weighted by molar-refractivity contribution is 7.22. The monoisotopic (exact) mass is 337 g/mol. The van der Waals surface area contributed by atoms with E-state index in [-0.39, 0.29) is 15.9 Å². The Morgan fingerprint density at radius 1 is 1.19 bits per heavy atom. The zero-order chi connectivity index (χ0) is 15.0. The molecule has 0 spiro atoms. The van der Waals surface area contributed by atoms with Gasteiger partial charge in [0.15, 0.2) is 5.13 Å². The van der Waals surface area contributed by atoms with Crippen molar-refractivity contribution in [2.24, 2.45) is 0 Å². The van der Waals surface area contributed by atoms with E-state index in [1.165, 1.54) is 23.5 Å². The van der Waals surface area contributed by atoms with Crippen molar-refractivity contribution in [3.8, 4) is 0 Å². The van der Waals surface area contributed by atoms with Crippen molar-refractivity contribution in [1.82, 2.24) is 9.97 Å². The first-order valence-corrected chi connectivity index (χ1v) is 7.61. The standard InChI is InChI=1S/C14H9Cl2N3OS/c1-7-3-2-4-9-11(7)18-14(21-9)19-13(20)12-8(15)5-6-10(16)17-12/h2-6H,1H3,(H,18,19,20). The van der Waals surface area contributed by atoms with Crippen LogP contribution in [0.25, 0.3) is 10.2 Å². The van der Waals surface area contributed by atoms with Crippen molar-refractivity contribution in [3.63, 3.8) is 0 Å². The minimum Gasteiger partial charge on any atom is -0.296 e. The van der Waals surface area contributed by atoms with Crippen LogP contribution >= 0.6 is 34.5 Å². The smallest absolute Gasteiger partial charge is 0.277 e. The fourth-order valence-corrected chi connectivity index (χ4v) is 3.15. The van der Waals surface area contributed by atoms with Gasteiger partial charge in [0, 0.05) is 0 Å². The number of halogens is 2. The number of aryl methyl sites for hydroxylation is 1. The zero-order valence-electron chi connectivity index (χ0n) is 10.9. The average Bonchev–Trinajstić information content (AvgIpc) is 2.85. The molecule has 3 aromatic rings. The summed E-state index contributed by atoms with van der Waals surface area (Å²) in [6.07, 6.45) is 0. The maximum Gasteiger partial charge on any atom is 0.277 e. The predicted octanol–water partition coefficient (Wildman–Crippen LogP) is 4.56. The molecule has 0 bridgehead atoms. The fourth-order valence-electron chi connectivity index (χ4n) is 1.87. The molecule has 2 heterocycles. The van der Waals surface area contributed by atoms with E-state index in [1.807, 2.05) is 25.1 Å². The molecule has 0 aliphatic carbocycles. The van der Waals surface area contributed by atoms with Crippen LogP contribution in [0.15, 0.2) is 30.3 Å². The lowest BCUT2D eigenvalue weighted by molar-refractivity contribution is 0.102. The van der Waals surface area contributed by atoms with E-state index < -0.39 is 5.91 Å². The number of hydrogen-bond donors (Lipinski definition) is 1. The Morgan fingerprint density at radius 3 is 2.76 bits per heavy atom. The normalized spacial score (nSPS) is 10.8. The van der Waals surface area contributed by atoms with E-state index in [0.29, 0.717) is 5.13 Å². The van der Waals surface area contributed by atoms with Gasteiger partial charge in [-0.15, -0.1) is 0 Å². The Labute approximate surface area is 134 Å². The molecule has 0 atom stereocenters. The summed E-state index contributed by atoms with van der Waals surface area (Å²) in [4.78, 5) is 20.5. The van der Waals surface area contributed by atoms with E-state index in [4.69, 9.17) is 23.2 Å². The van der Waals surface area contributed by atoms with Gasteiger partial charge in [-0.1, -0.05) is 46.7 Å². The molecule has 1 N–H and O–H groups in total. The molecule has 21 heavy (non-hydrogen) atoms. The summed E-state index contributed by atoms with van der Waals surface area (Å²) in [5.41, 5.74) is 2.02. The van der Waals surface area contributed by atoms with Gasteiger partial charge in [0.2, 0.25) is 0 Å². The van der Waals surface area contributed by atoms with Crippen molar-refractivity contribution in [3.05, 3.63) is 51.8 Å². The second-order valence-corrected chi connectivity index (χ2v) is 6.18. The Hall–Kier alpha value is -1.69. The summed E-state index contributed by atoms with van der Waals surface area (Å²) >= 11 is 13.1. The van der Waals surface area contributed by atoms with Crippen molar-refractivity contribution in [1.29, 1.82) is 0 Å². The lowest BCUT2D eigenvalue weighted by Crippen LogP contribution is -2.14. The van der Waals surface area contributed by atoms with Crippen LogP contribution < -0.4 is 5.32 Å².